The summed E-state index contributed by atoms with van der Waals surface area (Å²) in [5, 5.41) is 2.26. The van der Waals surface area contributed by atoms with Gasteiger partial charge in [0, 0.05) is 13.6 Å². The van der Waals surface area contributed by atoms with Crippen molar-refractivity contribution >= 4 is 28.9 Å². The van der Waals surface area contributed by atoms with Gasteiger partial charge in [0.1, 0.15) is 5.82 Å². The summed E-state index contributed by atoms with van der Waals surface area (Å²) in [6.45, 7) is 6.94. The summed E-state index contributed by atoms with van der Waals surface area (Å²) in [7, 11) is 5.49. The van der Waals surface area contributed by atoms with Crippen LogP contribution in [0.2, 0.25) is 5.02 Å². The van der Waals surface area contributed by atoms with E-state index in [0.717, 1.165) is 31.2 Å². The molecule has 0 saturated carbocycles. The van der Waals surface area contributed by atoms with Crippen LogP contribution in [0.5, 0.6) is 0 Å². The van der Waals surface area contributed by atoms with E-state index in [1.807, 2.05) is 32.8 Å². The lowest BCUT2D eigenvalue weighted by Gasteiger charge is -2.26. The zero-order valence-corrected chi connectivity index (χ0v) is 20.0. The lowest BCUT2D eigenvalue weighted by Crippen LogP contribution is -2.25. The van der Waals surface area contributed by atoms with Crippen LogP contribution >= 0.6 is 11.6 Å². The van der Waals surface area contributed by atoms with Crippen molar-refractivity contribution in [3.8, 4) is 0 Å². The van der Waals surface area contributed by atoms with Gasteiger partial charge in [-0.15, -0.1) is 0 Å². The van der Waals surface area contributed by atoms with E-state index >= 15 is 0 Å². The van der Waals surface area contributed by atoms with Crippen molar-refractivity contribution in [2.45, 2.75) is 33.4 Å². The molecule has 0 aliphatic carbocycles. The fourth-order valence-electron chi connectivity index (χ4n) is 2.98. The van der Waals surface area contributed by atoms with E-state index in [2.05, 4.69) is 5.32 Å². The highest BCUT2D eigenvalue weighted by Gasteiger charge is 2.33. The average molecular weight is 476 g/mol. The predicted molar refractivity (Wildman–Crippen MR) is 123 cm³/mol. The Balaban J connectivity index is 0.00000249. The molecule has 4 nitrogen and oxygen atoms in total. The Kier molecular flexibility index (Phi) is 10.4. The van der Waals surface area contributed by atoms with E-state index in [1.165, 1.54) is 12.1 Å². The van der Waals surface area contributed by atoms with Crippen LogP contribution in [0.3, 0.4) is 0 Å². The molecule has 32 heavy (non-hydrogen) atoms. The van der Waals surface area contributed by atoms with Gasteiger partial charge in [-0.25, -0.2) is 4.39 Å². The van der Waals surface area contributed by atoms with Gasteiger partial charge >= 0.3 is 6.18 Å². The summed E-state index contributed by atoms with van der Waals surface area (Å²) in [6.07, 6.45) is -3.93. The Bertz CT molecular complexity index is 917. The number of rotatable bonds is 7. The minimum Gasteiger partial charge on any atom is -0.372 e. The van der Waals surface area contributed by atoms with Crippen LogP contribution in [0, 0.1) is 12.7 Å². The van der Waals surface area contributed by atoms with Gasteiger partial charge in [0.05, 0.1) is 27.5 Å². The summed E-state index contributed by atoms with van der Waals surface area (Å²) in [6, 6.07) is 5.60. The molecule has 0 spiro atoms. The van der Waals surface area contributed by atoms with E-state index in [0.29, 0.717) is 12.1 Å². The smallest absolute Gasteiger partial charge is 0.372 e. The van der Waals surface area contributed by atoms with Crippen LogP contribution in [-0.2, 0) is 6.18 Å². The van der Waals surface area contributed by atoms with E-state index in [-0.39, 0.29) is 22.0 Å². The van der Waals surface area contributed by atoms with Crippen molar-refractivity contribution in [3.05, 3.63) is 57.9 Å². The van der Waals surface area contributed by atoms with Crippen LogP contribution in [-0.4, -0.2) is 45.0 Å². The molecule has 0 saturated heterocycles. The number of alkyl halides is 3. The monoisotopic (exact) mass is 475 g/mol. The first-order chi connectivity index (χ1) is 14.9. The highest BCUT2D eigenvalue weighted by molar-refractivity contribution is 6.34. The lowest BCUT2D eigenvalue weighted by atomic mass is 10.1. The van der Waals surface area contributed by atoms with Gasteiger partial charge in [-0.1, -0.05) is 37.1 Å². The molecule has 0 aromatic heterocycles. The van der Waals surface area contributed by atoms with Crippen molar-refractivity contribution < 1.29 is 22.4 Å². The first kappa shape index (κ1) is 27.7. The number of nitrogens with zero attached hydrogens (tertiary/aromatic N) is 2. The summed E-state index contributed by atoms with van der Waals surface area (Å²) < 4.78 is 54.0. The predicted octanol–water partition coefficient (Wildman–Crippen LogP) is 6.47. The molecule has 2 rings (SSSR count). The fraction of sp³-hybridized carbons (Fsp3) is 0.435. The van der Waals surface area contributed by atoms with Crippen molar-refractivity contribution in [2.24, 2.45) is 0 Å². The van der Waals surface area contributed by atoms with E-state index in [1.54, 1.807) is 18.9 Å². The Morgan fingerprint density at radius 2 is 1.69 bits per heavy atom. The molecule has 0 atom stereocenters. The van der Waals surface area contributed by atoms with Crippen LogP contribution in [0.4, 0.5) is 28.9 Å². The first-order valence-electron chi connectivity index (χ1n) is 10.2. The SMILES string of the molecule is CC.Cc1ccc(F)c(C(=O)Nc2cc(C(F)(F)F)cc(Cl)c2N(C)CCCN(C)C)c1. The van der Waals surface area contributed by atoms with Gasteiger partial charge in [0.25, 0.3) is 5.91 Å². The second kappa shape index (κ2) is 12.1. The molecule has 0 aliphatic rings. The third-order valence-electron chi connectivity index (χ3n) is 4.49. The molecule has 0 bridgehead atoms. The van der Waals surface area contributed by atoms with Crippen molar-refractivity contribution in [2.75, 3.05) is 44.4 Å². The van der Waals surface area contributed by atoms with E-state index < -0.39 is 23.5 Å². The van der Waals surface area contributed by atoms with Crippen molar-refractivity contribution in [3.63, 3.8) is 0 Å². The normalized spacial score (nSPS) is 11.1. The molecule has 0 radical (unpaired) electrons. The number of carbonyl (C=O) groups excluding carboxylic acids is 1. The fourth-order valence-corrected chi connectivity index (χ4v) is 3.35. The minimum absolute atomic E-state index is 0.131. The van der Waals surface area contributed by atoms with Crippen LogP contribution < -0.4 is 10.2 Å². The first-order valence-corrected chi connectivity index (χ1v) is 10.6. The number of amides is 1. The molecule has 1 N–H and O–H groups in total. The van der Waals surface area contributed by atoms with Gasteiger partial charge in [-0.3, -0.25) is 4.79 Å². The average Bonchev–Trinajstić information content (AvgIpc) is 2.69. The van der Waals surface area contributed by atoms with E-state index in [4.69, 9.17) is 11.6 Å². The molecule has 9 heteroatoms. The number of hydrogen-bond acceptors (Lipinski definition) is 3. The van der Waals surface area contributed by atoms with E-state index in [9.17, 15) is 22.4 Å². The van der Waals surface area contributed by atoms with Crippen LogP contribution in [0.25, 0.3) is 0 Å². The third-order valence-corrected chi connectivity index (χ3v) is 4.77. The van der Waals surface area contributed by atoms with Gasteiger partial charge in [-0.05, 0) is 58.3 Å². The standard InChI is InChI=1S/C21H24ClF4N3O.C2H6/c1-13-6-7-17(23)15(10-13)20(30)27-18-12-14(21(24,25)26)11-16(22)19(18)29(4)9-5-8-28(2)3;1-2/h6-7,10-12H,5,8-9H2,1-4H3,(H,27,30);1-2H3. The molecular weight excluding hydrogens is 446 g/mol. The summed E-state index contributed by atoms with van der Waals surface area (Å²) in [4.78, 5) is 16.3. The van der Waals surface area contributed by atoms with Gasteiger partial charge < -0.3 is 15.1 Å². The number of aryl methyl sites for hydroxylation is 1. The highest BCUT2D eigenvalue weighted by atomic mass is 35.5. The largest absolute Gasteiger partial charge is 0.416 e. The van der Waals surface area contributed by atoms with Crippen molar-refractivity contribution in [1.29, 1.82) is 0 Å². The Labute approximate surface area is 192 Å². The summed E-state index contributed by atoms with van der Waals surface area (Å²) >= 11 is 6.19. The molecule has 0 aliphatic heterocycles. The van der Waals surface area contributed by atoms with Crippen LogP contribution in [0.1, 0.15) is 41.8 Å². The zero-order valence-electron chi connectivity index (χ0n) is 19.2. The molecule has 2 aromatic rings. The van der Waals surface area contributed by atoms with Gasteiger partial charge in [0.15, 0.2) is 0 Å². The van der Waals surface area contributed by atoms with Crippen LogP contribution in [0.15, 0.2) is 30.3 Å². The zero-order chi connectivity index (χ0) is 24.6. The molecular formula is C23H30ClF4N3O. The third kappa shape index (κ3) is 7.67. The highest BCUT2D eigenvalue weighted by Crippen LogP contribution is 2.40. The minimum atomic E-state index is -4.65. The number of benzene rings is 2. The number of anilines is 2. The molecule has 178 valence electrons. The molecule has 2 aromatic carbocycles. The molecule has 0 heterocycles. The number of halogens is 5. The Morgan fingerprint density at radius 3 is 2.25 bits per heavy atom. The number of carbonyl (C=O) groups is 1. The Hall–Kier alpha value is -2.32. The topological polar surface area (TPSA) is 35.6 Å². The van der Waals surface area contributed by atoms with Crippen molar-refractivity contribution in [1.82, 2.24) is 4.90 Å². The maximum Gasteiger partial charge on any atom is 0.416 e. The maximum absolute atomic E-state index is 14.1. The molecule has 1 amide bonds. The number of hydrogen-bond donors (Lipinski definition) is 1. The quantitative estimate of drug-likeness (QED) is 0.466. The summed E-state index contributed by atoms with van der Waals surface area (Å²) in [5.41, 5.74) is -0.509. The lowest BCUT2D eigenvalue weighted by molar-refractivity contribution is -0.137. The molecule has 0 unspecified atom stereocenters. The Morgan fingerprint density at radius 1 is 1.06 bits per heavy atom. The second-order valence-electron chi connectivity index (χ2n) is 7.37. The van der Waals surface area contributed by atoms with Gasteiger partial charge in [0.2, 0.25) is 0 Å². The summed E-state index contributed by atoms with van der Waals surface area (Å²) in [5.74, 6) is -1.62. The maximum atomic E-state index is 14.1. The second-order valence-corrected chi connectivity index (χ2v) is 7.78. The number of nitrogens with one attached hydrogen (secondary N) is 1. The van der Waals surface area contributed by atoms with Gasteiger partial charge in [-0.2, -0.15) is 13.2 Å². The molecule has 0 fully saturated rings.